The summed E-state index contributed by atoms with van der Waals surface area (Å²) in [4.78, 5) is 21.1. The summed E-state index contributed by atoms with van der Waals surface area (Å²) < 4.78 is 0. The topological polar surface area (TPSA) is 86.2 Å². The first-order valence-corrected chi connectivity index (χ1v) is 17.8. The summed E-state index contributed by atoms with van der Waals surface area (Å²) >= 11 is 0. The molecule has 0 atom stereocenters. The molecule has 0 aliphatic heterocycles. The molecule has 0 aliphatic rings. The Morgan fingerprint density at radius 2 is 0.600 bits per heavy atom. The molecule has 4 heteroatoms. The quantitative estimate of drug-likeness (QED) is 0.0648. The van der Waals surface area contributed by atoms with Crippen LogP contribution in [0.15, 0.2) is 12.2 Å². The van der Waals surface area contributed by atoms with E-state index >= 15 is 0 Å². The normalized spacial score (nSPS) is 11.1. The molecule has 0 saturated carbocycles. The van der Waals surface area contributed by atoms with Crippen LogP contribution in [0.4, 0.5) is 0 Å². The van der Waals surface area contributed by atoms with Crippen molar-refractivity contribution in [2.45, 2.75) is 206 Å². The minimum absolute atomic E-state index is 0.153. The second kappa shape index (κ2) is 37.7. The zero-order chi connectivity index (χ0) is 29.8. The van der Waals surface area contributed by atoms with Gasteiger partial charge in [0.25, 0.3) is 0 Å². The minimum Gasteiger partial charge on any atom is -0.370 e. The van der Waals surface area contributed by atoms with E-state index in [4.69, 9.17) is 11.5 Å². The van der Waals surface area contributed by atoms with E-state index < -0.39 is 0 Å². The summed E-state index contributed by atoms with van der Waals surface area (Å²) in [5.74, 6) is -0.317. The first-order chi connectivity index (χ1) is 19.5. The average Bonchev–Trinajstić information content (AvgIpc) is 2.93. The standard InChI is InChI=1S/C18H37NO.C18H35NO/c2*1-2-3-4-5-6-7-8-9-10-11-12-13-14-15-16-17-18(19)20/h2-17H2,1H3,(H2,19,20);9-10H,2-8,11-17H2,1H3,(H2,19,20). The van der Waals surface area contributed by atoms with E-state index in [0.29, 0.717) is 12.8 Å². The van der Waals surface area contributed by atoms with Crippen molar-refractivity contribution < 1.29 is 9.59 Å². The van der Waals surface area contributed by atoms with E-state index in [1.165, 1.54) is 161 Å². The lowest BCUT2D eigenvalue weighted by molar-refractivity contribution is -0.119. The maximum atomic E-state index is 10.6. The third-order valence-corrected chi connectivity index (χ3v) is 7.71. The van der Waals surface area contributed by atoms with Gasteiger partial charge in [0.1, 0.15) is 0 Å². The van der Waals surface area contributed by atoms with Gasteiger partial charge in [0.2, 0.25) is 11.8 Å². The molecule has 238 valence electrons. The van der Waals surface area contributed by atoms with Crippen molar-refractivity contribution in [3.63, 3.8) is 0 Å². The largest absolute Gasteiger partial charge is 0.370 e. The van der Waals surface area contributed by atoms with Crippen LogP contribution in [0.25, 0.3) is 0 Å². The van der Waals surface area contributed by atoms with Gasteiger partial charge >= 0.3 is 0 Å². The molecule has 4 N–H and O–H groups in total. The molecule has 0 aliphatic carbocycles. The average molecular weight is 565 g/mol. The lowest BCUT2D eigenvalue weighted by atomic mass is 10.0. The Balaban J connectivity index is 0. The number of amides is 2. The van der Waals surface area contributed by atoms with Crippen molar-refractivity contribution in [3.05, 3.63) is 12.2 Å². The third kappa shape index (κ3) is 43.7. The van der Waals surface area contributed by atoms with Crippen LogP contribution in [0.1, 0.15) is 206 Å². The van der Waals surface area contributed by atoms with E-state index in [-0.39, 0.29) is 11.8 Å². The van der Waals surface area contributed by atoms with Gasteiger partial charge in [-0.2, -0.15) is 0 Å². The molecule has 4 nitrogen and oxygen atoms in total. The van der Waals surface area contributed by atoms with Crippen molar-refractivity contribution in [2.75, 3.05) is 0 Å². The van der Waals surface area contributed by atoms with E-state index in [2.05, 4.69) is 26.0 Å². The Morgan fingerprint density at radius 1 is 0.375 bits per heavy atom. The van der Waals surface area contributed by atoms with Crippen LogP contribution in [-0.2, 0) is 9.59 Å². The highest BCUT2D eigenvalue weighted by Gasteiger charge is 1.97. The summed E-state index contributed by atoms with van der Waals surface area (Å²) in [6, 6.07) is 0. The summed E-state index contributed by atoms with van der Waals surface area (Å²) in [5, 5.41) is 0. The number of carbonyl (C=O) groups excluding carboxylic acids is 2. The summed E-state index contributed by atoms with van der Waals surface area (Å²) in [6.07, 6.45) is 42.8. The summed E-state index contributed by atoms with van der Waals surface area (Å²) in [7, 11) is 0. The summed E-state index contributed by atoms with van der Waals surface area (Å²) in [5.41, 5.74) is 10.2. The molecular formula is C36H72N2O2. The second-order valence-corrected chi connectivity index (χ2v) is 12.0. The van der Waals surface area contributed by atoms with Gasteiger partial charge in [-0.1, -0.05) is 167 Å². The first kappa shape index (κ1) is 40.8. The van der Waals surface area contributed by atoms with Crippen LogP contribution in [0.5, 0.6) is 0 Å². The number of primary amides is 2. The van der Waals surface area contributed by atoms with Crippen LogP contribution < -0.4 is 11.5 Å². The molecule has 0 aromatic rings. The minimum atomic E-state index is -0.164. The second-order valence-electron chi connectivity index (χ2n) is 12.0. The molecule has 0 aromatic carbocycles. The van der Waals surface area contributed by atoms with Gasteiger partial charge in [-0.3, -0.25) is 9.59 Å². The van der Waals surface area contributed by atoms with Crippen LogP contribution in [0.3, 0.4) is 0 Å². The molecule has 0 fully saturated rings. The predicted molar refractivity (Wildman–Crippen MR) is 177 cm³/mol. The highest BCUT2D eigenvalue weighted by molar-refractivity contribution is 5.73. The number of nitrogens with two attached hydrogens (primary N) is 2. The Morgan fingerprint density at radius 3 is 0.850 bits per heavy atom. The number of allylic oxidation sites excluding steroid dienone is 2. The van der Waals surface area contributed by atoms with Gasteiger partial charge in [0, 0.05) is 12.8 Å². The molecular weight excluding hydrogens is 492 g/mol. The van der Waals surface area contributed by atoms with Crippen molar-refractivity contribution in [3.8, 4) is 0 Å². The van der Waals surface area contributed by atoms with Gasteiger partial charge in [-0.05, 0) is 38.5 Å². The molecule has 2 amide bonds. The van der Waals surface area contributed by atoms with Crippen LogP contribution >= 0.6 is 0 Å². The molecule has 0 radical (unpaired) electrons. The monoisotopic (exact) mass is 565 g/mol. The van der Waals surface area contributed by atoms with Crippen molar-refractivity contribution >= 4 is 11.8 Å². The fraction of sp³-hybridized carbons (Fsp3) is 0.889. The molecule has 0 unspecified atom stereocenters. The number of rotatable bonds is 31. The van der Waals surface area contributed by atoms with E-state index in [1.54, 1.807) is 0 Å². The predicted octanol–water partition coefficient (Wildman–Crippen LogP) is 11.2. The van der Waals surface area contributed by atoms with Gasteiger partial charge < -0.3 is 11.5 Å². The molecule has 0 heterocycles. The van der Waals surface area contributed by atoms with Gasteiger partial charge in [-0.15, -0.1) is 0 Å². The zero-order valence-electron chi connectivity index (χ0n) is 27.3. The Labute approximate surface area is 251 Å². The van der Waals surface area contributed by atoms with Crippen molar-refractivity contribution in [2.24, 2.45) is 11.5 Å². The van der Waals surface area contributed by atoms with Gasteiger partial charge in [0.15, 0.2) is 0 Å². The van der Waals surface area contributed by atoms with E-state index in [1.807, 2.05) is 0 Å². The lowest BCUT2D eigenvalue weighted by Gasteiger charge is -2.03. The van der Waals surface area contributed by atoms with Gasteiger partial charge in [-0.25, -0.2) is 0 Å². The fourth-order valence-corrected chi connectivity index (χ4v) is 5.04. The van der Waals surface area contributed by atoms with Crippen molar-refractivity contribution in [1.29, 1.82) is 0 Å². The Hall–Kier alpha value is -1.32. The van der Waals surface area contributed by atoms with E-state index in [9.17, 15) is 9.59 Å². The Kier molecular flexibility index (Phi) is 38.5. The van der Waals surface area contributed by atoms with E-state index in [0.717, 1.165) is 19.3 Å². The van der Waals surface area contributed by atoms with Crippen LogP contribution in [-0.4, -0.2) is 11.8 Å². The lowest BCUT2D eigenvalue weighted by Crippen LogP contribution is -2.09. The number of unbranched alkanes of at least 4 members (excludes halogenated alkanes) is 25. The molecule has 0 spiro atoms. The van der Waals surface area contributed by atoms with Crippen LogP contribution in [0, 0.1) is 0 Å². The number of carbonyl (C=O) groups is 2. The highest BCUT2D eigenvalue weighted by atomic mass is 16.1. The van der Waals surface area contributed by atoms with Crippen LogP contribution in [0.2, 0.25) is 0 Å². The zero-order valence-corrected chi connectivity index (χ0v) is 27.3. The van der Waals surface area contributed by atoms with Gasteiger partial charge in [0.05, 0.1) is 0 Å². The molecule has 0 rings (SSSR count). The SMILES string of the molecule is CCCCCCCCC=CCCCCCCCC(N)=O.CCCCCCCCCCCCCCCCCC(N)=O. The third-order valence-electron chi connectivity index (χ3n) is 7.71. The summed E-state index contributed by atoms with van der Waals surface area (Å²) in [6.45, 7) is 4.54. The van der Waals surface area contributed by atoms with Crippen molar-refractivity contribution in [1.82, 2.24) is 0 Å². The smallest absolute Gasteiger partial charge is 0.217 e. The molecule has 0 aromatic heterocycles. The highest BCUT2D eigenvalue weighted by Crippen LogP contribution is 2.14. The maximum Gasteiger partial charge on any atom is 0.217 e. The number of hydrogen-bond donors (Lipinski definition) is 2. The number of hydrogen-bond acceptors (Lipinski definition) is 2. The molecule has 0 saturated heterocycles. The Bertz CT molecular complexity index is 533. The fourth-order valence-electron chi connectivity index (χ4n) is 5.04. The maximum absolute atomic E-state index is 10.6. The first-order valence-electron chi connectivity index (χ1n) is 17.8. The molecule has 40 heavy (non-hydrogen) atoms. The molecule has 0 bridgehead atoms.